The van der Waals surface area contributed by atoms with Gasteiger partial charge in [0.15, 0.2) is 6.10 Å². The zero-order valence-corrected chi connectivity index (χ0v) is 15.8. The number of rotatable bonds is 5. The van der Waals surface area contributed by atoms with Gasteiger partial charge in [0.05, 0.1) is 11.3 Å². The van der Waals surface area contributed by atoms with Crippen LogP contribution in [0.25, 0.3) is 0 Å². The number of carbonyl (C=O) groups excluding carboxylic acids is 2. The van der Waals surface area contributed by atoms with Gasteiger partial charge < -0.3 is 10.1 Å². The lowest BCUT2D eigenvalue weighted by Crippen LogP contribution is -2.46. The van der Waals surface area contributed by atoms with E-state index in [1.165, 1.54) is 0 Å². The van der Waals surface area contributed by atoms with Crippen LogP contribution >= 0.6 is 0 Å². The molecule has 4 rings (SSSR count). The summed E-state index contributed by atoms with van der Waals surface area (Å²) >= 11 is 0. The van der Waals surface area contributed by atoms with E-state index in [2.05, 4.69) is 10.3 Å². The van der Waals surface area contributed by atoms with E-state index in [0.717, 1.165) is 12.0 Å². The standard InChI is InChI=1S/C23H21N3O3/c27-22(18-10-6-11-19(16-18)26-15-7-14-25-23(26)28)29-21(17-8-2-1-3-9-17)20-12-4-5-13-24-20/h1-6,8-13,16,21H,7,14-15H2,(H,25,28)/t21-/m1/s1. The first-order valence-electron chi connectivity index (χ1n) is 9.54. The van der Waals surface area contributed by atoms with Crippen LogP contribution in [0.15, 0.2) is 79.0 Å². The van der Waals surface area contributed by atoms with E-state index in [-0.39, 0.29) is 6.03 Å². The minimum atomic E-state index is -0.619. The molecule has 0 unspecified atom stereocenters. The van der Waals surface area contributed by atoms with Gasteiger partial charge in [0, 0.05) is 25.0 Å². The van der Waals surface area contributed by atoms with Gasteiger partial charge in [-0.1, -0.05) is 42.5 Å². The highest BCUT2D eigenvalue weighted by Crippen LogP contribution is 2.26. The second kappa shape index (κ2) is 8.56. The lowest BCUT2D eigenvalue weighted by atomic mass is 10.1. The molecule has 0 bridgehead atoms. The van der Waals surface area contributed by atoms with Gasteiger partial charge >= 0.3 is 12.0 Å². The highest BCUT2D eigenvalue weighted by atomic mass is 16.5. The number of anilines is 1. The molecule has 1 aliphatic heterocycles. The summed E-state index contributed by atoms with van der Waals surface area (Å²) in [5.41, 5.74) is 2.55. The molecule has 0 saturated carbocycles. The Labute approximate surface area is 169 Å². The van der Waals surface area contributed by atoms with Crippen LogP contribution in [-0.4, -0.2) is 30.1 Å². The van der Waals surface area contributed by atoms with Crippen LogP contribution in [-0.2, 0) is 4.74 Å². The second-order valence-corrected chi connectivity index (χ2v) is 6.74. The van der Waals surface area contributed by atoms with Crippen molar-refractivity contribution >= 4 is 17.7 Å². The number of urea groups is 1. The monoisotopic (exact) mass is 387 g/mol. The molecule has 6 heteroatoms. The van der Waals surface area contributed by atoms with Crippen molar-refractivity contribution in [2.75, 3.05) is 18.0 Å². The summed E-state index contributed by atoms with van der Waals surface area (Å²) < 4.78 is 5.86. The minimum Gasteiger partial charge on any atom is -0.447 e. The van der Waals surface area contributed by atoms with Gasteiger partial charge in [0.2, 0.25) is 0 Å². The van der Waals surface area contributed by atoms with E-state index in [1.807, 2.05) is 54.6 Å². The van der Waals surface area contributed by atoms with Gasteiger partial charge in [0.1, 0.15) is 0 Å². The molecule has 2 amide bonds. The summed E-state index contributed by atoms with van der Waals surface area (Å²) in [5.74, 6) is -0.469. The zero-order valence-electron chi connectivity index (χ0n) is 15.8. The molecule has 1 fully saturated rings. The maximum Gasteiger partial charge on any atom is 0.339 e. The van der Waals surface area contributed by atoms with Gasteiger partial charge in [-0.2, -0.15) is 0 Å². The number of ether oxygens (including phenoxy) is 1. The predicted molar refractivity (Wildman–Crippen MR) is 110 cm³/mol. The van der Waals surface area contributed by atoms with Crippen LogP contribution in [0.4, 0.5) is 10.5 Å². The van der Waals surface area contributed by atoms with Gasteiger partial charge in [-0.15, -0.1) is 0 Å². The molecule has 0 aliphatic carbocycles. The Balaban J connectivity index is 1.60. The topological polar surface area (TPSA) is 71.5 Å². The Hall–Kier alpha value is -3.67. The molecule has 1 aliphatic rings. The molecular weight excluding hydrogens is 366 g/mol. The number of amides is 2. The summed E-state index contributed by atoms with van der Waals surface area (Å²) in [6, 6.07) is 21.8. The van der Waals surface area contributed by atoms with Crippen molar-refractivity contribution < 1.29 is 14.3 Å². The lowest BCUT2D eigenvalue weighted by Gasteiger charge is -2.27. The van der Waals surface area contributed by atoms with Crippen LogP contribution in [0.2, 0.25) is 0 Å². The normalized spacial score (nSPS) is 14.8. The molecule has 29 heavy (non-hydrogen) atoms. The fourth-order valence-electron chi connectivity index (χ4n) is 3.31. The van der Waals surface area contributed by atoms with Crippen LogP contribution < -0.4 is 10.2 Å². The van der Waals surface area contributed by atoms with Gasteiger partial charge in [-0.3, -0.25) is 9.88 Å². The molecule has 1 saturated heterocycles. The van der Waals surface area contributed by atoms with Gasteiger partial charge in [-0.05, 0) is 42.3 Å². The predicted octanol–water partition coefficient (Wildman–Crippen LogP) is 3.95. The molecule has 146 valence electrons. The van der Waals surface area contributed by atoms with E-state index in [1.54, 1.807) is 29.3 Å². The Morgan fingerprint density at radius 3 is 2.62 bits per heavy atom. The van der Waals surface area contributed by atoms with Gasteiger partial charge in [-0.25, -0.2) is 9.59 Å². The third kappa shape index (κ3) is 4.27. The number of esters is 1. The van der Waals surface area contributed by atoms with Crippen LogP contribution in [0.5, 0.6) is 0 Å². The Morgan fingerprint density at radius 2 is 1.86 bits per heavy atom. The molecule has 6 nitrogen and oxygen atoms in total. The molecular formula is C23H21N3O3. The van der Waals surface area contributed by atoms with Gasteiger partial charge in [0.25, 0.3) is 0 Å². The molecule has 0 radical (unpaired) electrons. The average Bonchev–Trinajstić information content (AvgIpc) is 2.79. The van der Waals surface area contributed by atoms with Crippen molar-refractivity contribution in [3.63, 3.8) is 0 Å². The number of aromatic nitrogens is 1. The molecule has 0 spiro atoms. The van der Waals surface area contributed by atoms with Crippen LogP contribution in [0.3, 0.4) is 0 Å². The van der Waals surface area contributed by atoms with Crippen molar-refractivity contribution in [1.29, 1.82) is 0 Å². The third-order valence-corrected chi connectivity index (χ3v) is 4.76. The molecule has 3 aromatic rings. The largest absolute Gasteiger partial charge is 0.447 e. The summed E-state index contributed by atoms with van der Waals surface area (Å²) in [5, 5.41) is 2.82. The van der Waals surface area contributed by atoms with Crippen molar-refractivity contribution in [2.45, 2.75) is 12.5 Å². The fraction of sp³-hybridized carbons (Fsp3) is 0.174. The lowest BCUT2D eigenvalue weighted by molar-refractivity contribution is 0.0370. The minimum absolute atomic E-state index is 0.155. The number of carbonyl (C=O) groups is 2. The molecule has 1 N–H and O–H groups in total. The third-order valence-electron chi connectivity index (χ3n) is 4.76. The number of hydrogen-bond acceptors (Lipinski definition) is 4. The molecule has 2 aromatic carbocycles. The molecule has 2 heterocycles. The SMILES string of the molecule is O=C(O[C@H](c1ccccc1)c1ccccn1)c1cccc(N2CCCNC2=O)c1. The van der Waals surface area contributed by atoms with E-state index < -0.39 is 12.1 Å². The first-order valence-corrected chi connectivity index (χ1v) is 9.54. The van der Waals surface area contributed by atoms with E-state index in [4.69, 9.17) is 4.74 Å². The van der Waals surface area contributed by atoms with Crippen LogP contribution in [0, 0.1) is 0 Å². The maximum absolute atomic E-state index is 12.9. The van der Waals surface area contributed by atoms with Crippen molar-refractivity contribution in [3.05, 3.63) is 95.8 Å². The number of benzene rings is 2. The highest BCUT2D eigenvalue weighted by molar-refractivity contribution is 5.95. The van der Waals surface area contributed by atoms with Crippen molar-refractivity contribution in [2.24, 2.45) is 0 Å². The number of pyridine rings is 1. The number of nitrogens with zero attached hydrogens (tertiary/aromatic N) is 2. The quantitative estimate of drug-likeness (QED) is 0.673. The number of nitrogens with one attached hydrogen (secondary N) is 1. The second-order valence-electron chi connectivity index (χ2n) is 6.74. The smallest absolute Gasteiger partial charge is 0.339 e. The summed E-state index contributed by atoms with van der Waals surface area (Å²) in [6.07, 6.45) is 1.91. The van der Waals surface area contributed by atoms with E-state index >= 15 is 0 Å². The van der Waals surface area contributed by atoms with Crippen LogP contribution in [0.1, 0.15) is 34.1 Å². The first-order chi connectivity index (χ1) is 14.2. The fourth-order valence-corrected chi connectivity index (χ4v) is 3.31. The van der Waals surface area contributed by atoms with E-state index in [0.29, 0.717) is 30.0 Å². The van der Waals surface area contributed by atoms with E-state index in [9.17, 15) is 9.59 Å². The summed E-state index contributed by atoms with van der Waals surface area (Å²) in [6.45, 7) is 1.28. The Bertz CT molecular complexity index is 953. The molecule has 1 atom stereocenters. The maximum atomic E-state index is 12.9. The number of hydrogen-bond donors (Lipinski definition) is 1. The Morgan fingerprint density at radius 1 is 1.03 bits per heavy atom. The summed E-state index contributed by atoms with van der Waals surface area (Å²) in [7, 11) is 0. The molecule has 1 aromatic heterocycles. The summed E-state index contributed by atoms with van der Waals surface area (Å²) in [4.78, 5) is 31.1. The Kier molecular flexibility index (Phi) is 5.52. The first kappa shape index (κ1) is 18.7. The van der Waals surface area contributed by atoms with Crippen molar-refractivity contribution in [1.82, 2.24) is 10.3 Å². The highest BCUT2D eigenvalue weighted by Gasteiger charge is 2.23. The average molecular weight is 387 g/mol. The zero-order chi connectivity index (χ0) is 20.1. The van der Waals surface area contributed by atoms with Crippen molar-refractivity contribution in [3.8, 4) is 0 Å².